The van der Waals surface area contributed by atoms with Gasteiger partial charge in [0.05, 0.1) is 0 Å². The maximum absolute atomic E-state index is 12.2. The fraction of sp³-hybridized carbons (Fsp3) is 0.214. The third-order valence-corrected chi connectivity index (χ3v) is 4.58. The first-order valence-electron chi connectivity index (χ1n) is 5.78. The summed E-state index contributed by atoms with van der Waals surface area (Å²) in [5, 5.41) is 2.92. The van der Waals surface area contributed by atoms with E-state index in [9.17, 15) is 4.79 Å². The average Bonchev–Trinajstić information content (AvgIpc) is 2.65. The highest BCUT2D eigenvalue weighted by molar-refractivity contribution is 9.10. The molecule has 1 amide bonds. The Morgan fingerprint density at radius 2 is 1.74 bits per heavy atom. The molecular formula is C14H14Br2N2O. The van der Waals surface area contributed by atoms with Gasteiger partial charge in [0, 0.05) is 27.9 Å². The molecule has 3 nitrogen and oxygen atoms in total. The number of amides is 1. The molecule has 19 heavy (non-hydrogen) atoms. The van der Waals surface area contributed by atoms with E-state index in [4.69, 9.17) is 0 Å². The molecule has 0 aliphatic carbocycles. The van der Waals surface area contributed by atoms with Gasteiger partial charge in [0.25, 0.3) is 5.91 Å². The monoisotopic (exact) mass is 384 g/mol. The molecule has 0 bridgehead atoms. The van der Waals surface area contributed by atoms with Crippen LogP contribution in [0.1, 0.15) is 21.6 Å². The first-order valence-corrected chi connectivity index (χ1v) is 7.37. The molecule has 2 aromatic rings. The lowest BCUT2D eigenvalue weighted by Crippen LogP contribution is -2.15. The molecule has 1 aromatic carbocycles. The van der Waals surface area contributed by atoms with E-state index in [1.54, 1.807) is 10.6 Å². The standard InChI is InChI=1S/C14H14Br2N2O/c1-8-4-11(5-9(2)13(8)16)17-14(19)12-6-10(15)7-18(12)3/h4-7H,1-3H3,(H,17,19). The van der Waals surface area contributed by atoms with Crippen LogP contribution in [-0.4, -0.2) is 10.5 Å². The zero-order chi connectivity index (χ0) is 14.2. The van der Waals surface area contributed by atoms with E-state index in [0.717, 1.165) is 25.8 Å². The maximum atomic E-state index is 12.2. The van der Waals surface area contributed by atoms with Crippen LogP contribution in [0.25, 0.3) is 0 Å². The second-order valence-electron chi connectivity index (χ2n) is 4.53. The van der Waals surface area contributed by atoms with Gasteiger partial charge in [-0.1, -0.05) is 15.9 Å². The van der Waals surface area contributed by atoms with Gasteiger partial charge in [0.1, 0.15) is 5.69 Å². The van der Waals surface area contributed by atoms with Crippen LogP contribution in [0.2, 0.25) is 0 Å². The summed E-state index contributed by atoms with van der Waals surface area (Å²) in [5.41, 5.74) is 3.62. The SMILES string of the molecule is Cc1cc(NC(=O)c2cc(Br)cn2C)cc(C)c1Br. The predicted octanol–water partition coefficient (Wildman–Crippen LogP) is 4.42. The molecule has 5 heteroatoms. The number of hydrogen-bond donors (Lipinski definition) is 1. The summed E-state index contributed by atoms with van der Waals surface area (Å²) in [4.78, 5) is 12.2. The van der Waals surface area contributed by atoms with Crippen LogP contribution in [0.4, 0.5) is 5.69 Å². The number of nitrogens with zero attached hydrogens (tertiary/aromatic N) is 1. The molecule has 0 saturated carbocycles. The minimum atomic E-state index is -0.116. The van der Waals surface area contributed by atoms with Gasteiger partial charge in [-0.3, -0.25) is 4.79 Å². The van der Waals surface area contributed by atoms with Crippen LogP contribution in [0.5, 0.6) is 0 Å². The summed E-state index contributed by atoms with van der Waals surface area (Å²) in [6, 6.07) is 5.70. The van der Waals surface area contributed by atoms with Gasteiger partial charge in [0.15, 0.2) is 0 Å². The average molecular weight is 386 g/mol. The molecular weight excluding hydrogens is 372 g/mol. The number of aryl methyl sites for hydroxylation is 3. The summed E-state index contributed by atoms with van der Waals surface area (Å²) in [5.74, 6) is -0.116. The molecule has 0 saturated heterocycles. The Labute approximate surface area is 129 Å². The number of anilines is 1. The molecule has 1 N–H and O–H groups in total. The number of aromatic nitrogens is 1. The lowest BCUT2D eigenvalue weighted by molar-refractivity contribution is 0.101. The zero-order valence-corrected chi connectivity index (χ0v) is 14.1. The van der Waals surface area contributed by atoms with Crippen molar-refractivity contribution in [3.05, 3.63) is 50.2 Å². The summed E-state index contributed by atoms with van der Waals surface area (Å²) >= 11 is 6.88. The van der Waals surface area contributed by atoms with Gasteiger partial charge in [-0.2, -0.15) is 0 Å². The molecule has 0 fully saturated rings. The Morgan fingerprint density at radius 3 is 2.21 bits per heavy atom. The van der Waals surface area contributed by atoms with Crippen molar-refractivity contribution in [2.24, 2.45) is 7.05 Å². The van der Waals surface area contributed by atoms with Crippen molar-refractivity contribution in [3.63, 3.8) is 0 Å². The number of carbonyl (C=O) groups is 1. The van der Waals surface area contributed by atoms with Gasteiger partial charge in [-0.15, -0.1) is 0 Å². The molecule has 0 aliphatic heterocycles. The highest BCUT2D eigenvalue weighted by atomic mass is 79.9. The van der Waals surface area contributed by atoms with Crippen LogP contribution in [0.15, 0.2) is 33.3 Å². The Morgan fingerprint density at radius 1 is 1.16 bits per heavy atom. The van der Waals surface area contributed by atoms with Crippen LogP contribution >= 0.6 is 31.9 Å². The van der Waals surface area contributed by atoms with E-state index in [0.29, 0.717) is 5.69 Å². The smallest absolute Gasteiger partial charge is 0.272 e. The van der Waals surface area contributed by atoms with Gasteiger partial charge in [-0.05, 0) is 59.1 Å². The third-order valence-electron chi connectivity index (χ3n) is 2.90. The predicted molar refractivity (Wildman–Crippen MR) is 84.7 cm³/mol. The van der Waals surface area contributed by atoms with Crippen molar-refractivity contribution in [1.82, 2.24) is 4.57 Å². The summed E-state index contributed by atoms with van der Waals surface area (Å²) in [6.45, 7) is 4.01. The quantitative estimate of drug-likeness (QED) is 0.815. The fourth-order valence-corrected chi connectivity index (χ4v) is 2.72. The number of rotatable bonds is 2. The van der Waals surface area contributed by atoms with Crippen molar-refractivity contribution in [2.45, 2.75) is 13.8 Å². The van der Waals surface area contributed by atoms with E-state index >= 15 is 0 Å². The second-order valence-corrected chi connectivity index (χ2v) is 6.24. The molecule has 0 spiro atoms. The zero-order valence-electron chi connectivity index (χ0n) is 10.9. The van der Waals surface area contributed by atoms with Crippen LogP contribution in [0, 0.1) is 13.8 Å². The number of hydrogen-bond acceptors (Lipinski definition) is 1. The molecule has 0 aliphatic rings. The minimum absolute atomic E-state index is 0.116. The van der Waals surface area contributed by atoms with Gasteiger partial charge in [0.2, 0.25) is 0 Å². The van der Waals surface area contributed by atoms with E-state index < -0.39 is 0 Å². The van der Waals surface area contributed by atoms with Crippen molar-refractivity contribution in [3.8, 4) is 0 Å². The van der Waals surface area contributed by atoms with Crippen LogP contribution in [0.3, 0.4) is 0 Å². The Hall–Kier alpha value is -1.07. The molecule has 0 radical (unpaired) electrons. The largest absolute Gasteiger partial charge is 0.345 e. The van der Waals surface area contributed by atoms with Gasteiger partial charge >= 0.3 is 0 Å². The molecule has 2 rings (SSSR count). The van der Waals surface area contributed by atoms with Crippen LogP contribution < -0.4 is 5.32 Å². The van der Waals surface area contributed by atoms with Crippen LogP contribution in [-0.2, 0) is 7.05 Å². The van der Waals surface area contributed by atoms with Crippen molar-refractivity contribution in [2.75, 3.05) is 5.32 Å². The molecule has 1 heterocycles. The first kappa shape index (κ1) is 14.3. The van der Waals surface area contributed by atoms with Gasteiger partial charge in [-0.25, -0.2) is 0 Å². The number of halogens is 2. The molecule has 0 atom stereocenters. The second kappa shape index (κ2) is 5.51. The van der Waals surface area contributed by atoms with Crippen molar-refractivity contribution in [1.29, 1.82) is 0 Å². The fourth-order valence-electron chi connectivity index (χ4n) is 1.96. The van der Waals surface area contributed by atoms with Crippen molar-refractivity contribution < 1.29 is 4.79 Å². The third kappa shape index (κ3) is 3.09. The summed E-state index contributed by atoms with van der Waals surface area (Å²) < 4.78 is 3.76. The van der Waals surface area contributed by atoms with E-state index in [2.05, 4.69) is 37.2 Å². The maximum Gasteiger partial charge on any atom is 0.272 e. The van der Waals surface area contributed by atoms with Crippen molar-refractivity contribution >= 4 is 43.5 Å². The first-order chi connectivity index (χ1) is 8.88. The summed E-state index contributed by atoms with van der Waals surface area (Å²) in [6.07, 6.45) is 1.85. The Bertz CT molecular complexity index is 624. The van der Waals surface area contributed by atoms with E-state index in [-0.39, 0.29) is 5.91 Å². The van der Waals surface area contributed by atoms with E-state index in [1.807, 2.05) is 39.2 Å². The summed E-state index contributed by atoms with van der Waals surface area (Å²) in [7, 11) is 1.84. The van der Waals surface area contributed by atoms with Gasteiger partial charge < -0.3 is 9.88 Å². The Kier molecular flexibility index (Phi) is 4.16. The molecule has 100 valence electrons. The topological polar surface area (TPSA) is 34.0 Å². The number of nitrogens with one attached hydrogen (secondary N) is 1. The minimum Gasteiger partial charge on any atom is -0.345 e. The molecule has 0 unspecified atom stereocenters. The molecule has 1 aromatic heterocycles. The van der Waals surface area contributed by atoms with E-state index in [1.165, 1.54) is 0 Å². The highest BCUT2D eigenvalue weighted by Crippen LogP contribution is 2.25. The highest BCUT2D eigenvalue weighted by Gasteiger charge is 2.12. The number of benzene rings is 1. The Balaban J connectivity index is 2.27. The normalized spacial score (nSPS) is 10.6. The lowest BCUT2D eigenvalue weighted by atomic mass is 10.1. The lowest BCUT2D eigenvalue weighted by Gasteiger charge is -2.10. The number of carbonyl (C=O) groups excluding carboxylic acids is 1.